The highest BCUT2D eigenvalue weighted by Gasteiger charge is 2.29. The standard InChI is InChI=1S/C13H11N3S/c14-7-9-1-3-10(4-2-9)11-5-6-16-13(17)12(11)8-15/h1-6,11-13,16-17H. The van der Waals surface area contributed by atoms with Crippen molar-refractivity contribution in [2.45, 2.75) is 11.3 Å². The Morgan fingerprint density at radius 1 is 1.18 bits per heavy atom. The third kappa shape index (κ3) is 2.27. The lowest BCUT2D eigenvalue weighted by molar-refractivity contribution is 0.512. The van der Waals surface area contributed by atoms with Crippen LogP contribution in [0.2, 0.25) is 0 Å². The van der Waals surface area contributed by atoms with Gasteiger partial charge in [0, 0.05) is 5.92 Å². The summed E-state index contributed by atoms with van der Waals surface area (Å²) in [6.07, 6.45) is 3.79. The van der Waals surface area contributed by atoms with Gasteiger partial charge in [0.05, 0.1) is 29.0 Å². The van der Waals surface area contributed by atoms with Gasteiger partial charge in [-0.25, -0.2) is 0 Å². The number of thiol groups is 1. The van der Waals surface area contributed by atoms with E-state index in [1.54, 1.807) is 12.1 Å². The fraction of sp³-hybridized carbons (Fsp3) is 0.231. The number of hydrogen-bond donors (Lipinski definition) is 2. The quantitative estimate of drug-likeness (QED) is 0.741. The summed E-state index contributed by atoms with van der Waals surface area (Å²) in [5.74, 6) is -0.187. The number of nitrogens with zero attached hydrogens (tertiary/aromatic N) is 2. The molecule has 1 N–H and O–H groups in total. The molecule has 0 amide bonds. The van der Waals surface area contributed by atoms with Crippen LogP contribution in [0.3, 0.4) is 0 Å². The fourth-order valence-electron chi connectivity index (χ4n) is 1.93. The summed E-state index contributed by atoms with van der Waals surface area (Å²) in [5.41, 5.74) is 1.66. The third-order valence-corrected chi connectivity index (χ3v) is 3.34. The van der Waals surface area contributed by atoms with Gasteiger partial charge in [0.2, 0.25) is 0 Å². The zero-order valence-corrected chi connectivity index (χ0v) is 9.93. The van der Waals surface area contributed by atoms with E-state index in [1.165, 1.54) is 0 Å². The lowest BCUT2D eigenvalue weighted by Crippen LogP contribution is -2.34. The van der Waals surface area contributed by atoms with Crippen LogP contribution in [-0.2, 0) is 0 Å². The van der Waals surface area contributed by atoms with Crippen molar-refractivity contribution in [1.82, 2.24) is 5.32 Å². The number of nitriles is 2. The molecule has 0 spiro atoms. The van der Waals surface area contributed by atoms with Gasteiger partial charge in [0.15, 0.2) is 0 Å². The molecule has 84 valence electrons. The number of nitrogens with one attached hydrogen (secondary N) is 1. The highest BCUT2D eigenvalue weighted by atomic mass is 32.1. The van der Waals surface area contributed by atoms with Gasteiger partial charge in [-0.1, -0.05) is 18.2 Å². The molecule has 1 heterocycles. The fourth-order valence-corrected chi connectivity index (χ4v) is 2.26. The largest absolute Gasteiger partial charge is 0.378 e. The van der Waals surface area contributed by atoms with Gasteiger partial charge in [-0.15, -0.1) is 0 Å². The van der Waals surface area contributed by atoms with Gasteiger partial charge in [-0.3, -0.25) is 0 Å². The number of rotatable bonds is 1. The predicted molar refractivity (Wildman–Crippen MR) is 68.1 cm³/mol. The van der Waals surface area contributed by atoms with E-state index in [4.69, 9.17) is 10.5 Å². The van der Waals surface area contributed by atoms with Crippen LogP contribution in [0.1, 0.15) is 17.0 Å². The van der Waals surface area contributed by atoms with Crippen LogP contribution in [0.5, 0.6) is 0 Å². The molecule has 0 aliphatic carbocycles. The molecule has 0 saturated carbocycles. The van der Waals surface area contributed by atoms with E-state index < -0.39 is 0 Å². The second kappa shape index (κ2) is 4.95. The van der Waals surface area contributed by atoms with E-state index in [9.17, 15) is 0 Å². The molecule has 1 aromatic carbocycles. The van der Waals surface area contributed by atoms with Gasteiger partial charge in [-0.2, -0.15) is 23.2 Å². The van der Waals surface area contributed by atoms with Crippen LogP contribution >= 0.6 is 12.6 Å². The van der Waals surface area contributed by atoms with E-state index in [-0.39, 0.29) is 17.2 Å². The summed E-state index contributed by atoms with van der Waals surface area (Å²) < 4.78 is 0. The maximum absolute atomic E-state index is 9.17. The van der Waals surface area contributed by atoms with Gasteiger partial charge in [0.1, 0.15) is 0 Å². The van der Waals surface area contributed by atoms with Crippen LogP contribution in [0.4, 0.5) is 0 Å². The van der Waals surface area contributed by atoms with Gasteiger partial charge in [-0.05, 0) is 23.9 Å². The molecule has 3 unspecified atom stereocenters. The first-order chi connectivity index (χ1) is 8.26. The normalized spacial score (nSPS) is 26.6. The molecule has 17 heavy (non-hydrogen) atoms. The van der Waals surface area contributed by atoms with Crippen molar-refractivity contribution >= 4 is 12.6 Å². The van der Waals surface area contributed by atoms with Crippen molar-refractivity contribution < 1.29 is 0 Å². The first-order valence-electron chi connectivity index (χ1n) is 5.26. The van der Waals surface area contributed by atoms with E-state index in [1.807, 2.05) is 24.4 Å². The number of allylic oxidation sites excluding steroid dienone is 1. The Kier molecular flexibility index (Phi) is 3.37. The molecule has 0 bridgehead atoms. The second-order valence-corrected chi connectivity index (χ2v) is 4.44. The smallest absolute Gasteiger partial charge is 0.0991 e. The van der Waals surface area contributed by atoms with E-state index in [2.05, 4.69) is 30.1 Å². The maximum Gasteiger partial charge on any atom is 0.0991 e. The zero-order chi connectivity index (χ0) is 12.3. The van der Waals surface area contributed by atoms with Crippen molar-refractivity contribution in [3.05, 3.63) is 47.7 Å². The summed E-state index contributed by atoms with van der Waals surface area (Å²) in [7, 11) is 0. The summed E-state index contributed by atoms with van der Waals surface area (Å²) in [4.78, 5) is 0. The highest BCUT2D eigenvalue weighted by Crippen LogP contribution is 2.32. The molecule has 1 aliphatic rings. The van der Waals surface area contributed by atoms with Gasteiger partial charge < -0.3 is 5.32 Å². The van der Waals surface area contributed by atoms with Crippen molar-refractivity contribution in [1.29, 1.82) is 10.5 Å². The summed E-state index contributed by atoms with van der Waals surface area (Å²) >= 11 is 4.35. The summed E-state index contributed by atoms with van der Waals surface area (Å²) in [6, 6.07) is 11.7. The Hall–Kier alpha value is -1.91. The molecule has 0 fully saturated rings. The van der Waals surface area contributed by atoms with E-state index in [0.717, 1.165) is 5.56 Å². The average Bonchev–Trinajstić information content (AvgIpc) is 2.38. The first kappa shape index (κ1) is 11.6. The molecule has 4 heteroatoms. The van der Waals surface area contributed by atoms with E-state index >= 15 is 0 Å². The molecule has 0 saturated heterocycles. The molecule has 0 radical (unpaired) electrons. The van der Waals surface area contributed by atoms with Crippen LogP contribution < -0.4 is 5.32 Å². The molecule has 1 aromatic rings. The minimum Gasteiger partial charge on any atom is -0.378 e. The second-order valence-electron chi connectivity index (χ2n) is 3.89. The van der Waals surface area contributed by atoms with E-state index in [0.29, 0.717) is 5.56 Å². The molecule has 2 rings (SSSR count). The van der Waals surface area contributed by atoms with Gasteiger partial charge >= 0.3 is 0 Å². The average molecular weight is 241 g/mol. The molecular formula is C13H11N3S. The van der Waals surface area contributed by atoms with Crippen molar-refractivity contribution in [2.24, 2.45) is 5.92 Å². The minimum absolute atomic E-state index is 0.0245. The third-order valence-electron chi connectivity index (χ3n) is 2.87. The van der Waals surface area contributed by atoms with Crippen LogP contribution in [0.15, 0.2) is 36.5 Å². The number of hydrogen-bond acceptors (Lipinski definition) is 4. The highest BCUT2D eigenvalue weighted by molar-refractivity contribution is 7.80. The lowest BCUT2D eigenvalue weighted by atomic mass is 9.84. The van der Waals surface area contributed by atoms with Gasteiger partial charge in [0.25, 0.3) is 0 Å². The SMILES string of the molecule is N#Cc1ccc(C2C=CNC(S)C2C#N)cc1. The summed E-state index contributed by atoms with van der Waals surface area (Å²) in [6.45, 7) is 0. The Labute approximate surface area is 106 Å². The van der Waals surface area contributed by atoms with Crippen molar-refractivity contribution in [3.8, 4) is 12.1 Å². The monoisotopic (exact) mass is 241 g/mol. The Morgan fingerprint density at radius 2 is 1.88 bits per heavy atom. The van der Waals surface area contributed by atoms with Crippen molar-refractivity contribution in [2.75, 3.05) is 0 Å². The van der Waals surface area contributed by atoms with Crippen molar-refractivity contribution in [3.63, 3.8) is 0 Å². The van der Waals surface area contributed by atoms with Crippen LogP contribution in [0, 0.1) is 28.6 Å². The molecule has 3 nitrogen and oxygen atoms in total. The maximum atomic E-state index is 9.17. The Bertz CT molecular complexity index is 507. The minimum atomic E-state index is -0.212. The lowest BCUT2D eigenvalue weighted by Gasteiger charge is -2.28. The zero-order valence-electron chi connectivity index (χ0n) is 9.04. The number of benzene rings is 1. The molecular weight excluding hydrogens is 230 g/mol. The molecule has 0 aromatic heterocycles. The van der Waals surface area contributed by atoms with Crippen LogP contribution in [0.25, 0.3) is 0 Å². The Morgan fingerprint density at radius 3 is 2.47 bits per heavy atom. The van der Waals surface area contributed by atoms with Crippen LogP contribution in [-0.4, -0.2) is 5.37 Å². The molecule has 3 atom stereocenters. The summed E-state index contributed by atoms with van der Waals surface area (Å²) in [5, 5.41) is 20.8. The predicted octanol–water partition coefficient (Wildman–Crippen LogP) is 2.15. The topological polar surface area (TPSA) is 59.6 Å². The molecule has 1 aliphatic heterocycles. The first-order valence-corrected chi connectivity index (χ1v) is 5.78. The Balaban J connectivity index is 2.32.